The number of piperidine rings is 1. The van der Waals surface area contributed by atoms with Crippen molar-refractivity contribution in [3.63, 3.8) is 0 Å². The van der Waals surface area contributed by atoms with Crippen LogP contribution in [0.5, 0.6) is 0 Å². The SMILES string of the molecule is C=CN(C(=C)c1cccc(N=CC(O)CN)c1C)C1CCC(=C)NC1=C. The molecular formula is C21H28N4O. The van der Waals surface area contributed by atoms with E-state index >= 15 is 0 Å². The number of hydrogen-bond donors (Lipinski definition) is 3. The minimum atomic E-state index is -0.754. The van der Waals surface area contributed by atoms with Crippen LogP contribution in [0.2, 0.25) is 0 Å². The molecule has 0 aliphatic carbocycles. The average molecular weight is 352 g/mol. The zero-order valence-electron chi connectivity index (χ0n) is 15.4. The van der Waals surface area contributed by atoms with Gasteiger partial charge < -0.3 is 21.1 Å². The molecule has 2 unspecified atom stereocenters. The molecule has 1 saturated heterocycles. The lowest BCUT2D eigenvalue weighted by Crippen LogP contribution is -2.39. The number of allylic oxidation sites excluding steroid dienone is 1. The van der Waals surface area contributed by atoms with Crippen molar-refractivity contribution in [1.82, 2.24) is 10.2 Å². The Kier molecular flexibility index (Phi) is 6.55. The summed E-state index contributed by atoms with van der Waals surface area (Å²) in [5, 5.41) is 12.8. The molecule has 0 aromatic heterocycles. The Labute approximate surface area is 155 Å². The monoisotopic (exact) mass is 352 g/mol. The van der Waals surface area contributed by atoms with Crippen molar-refractivity contribution < 1.29 is 5.11 Å². The van der Waals surface area contributed by atoms with Gasteiger partial charge in [0.15, 0.2) is 0 Å². The maximum Gasteiger partial charge on any atom is 0.101 e. The summed E-state index contributed by atoms with van der Waals surface area (Å²) in [7, 11) is 0. The van der Waals surface area contributed by atoms with Gasteiger partial charge in [-0.3, -0.25) is 4.99 Å². The largest absolute Gasteiger partial charge is 0.386 e. The first-order chi connectivity index (χ1) is 12.4. The maximum absolute atomic E-state index is 9.60. The van der Waals surface area contributed by atoms with Gasteiger partial charge in [-0.25, -0.2) is 0 Å². The van der Waals surface area contributed by atoms with E-state index in [2.05, 4.69) is 36.6 Å². The second-order valence-electron chi connectivity index (χ2n) is 6.38. The van der Waals surface area contributed by atoms with Crippen LogP contribution in [-0.2, 0) is 0 Å². The maximum atomic E-state index is 9.60. The van der Waals surface area contributed by atoms with Gasteiger partial charge in [-0.2, -0.15) is 0 Å². The van der Waals surface area contributed by atoms with Crippen LogP contribution in [-0.4, -0.2) is 34.9 Å². The smallest absolute Gasteiger partial charge is 0.101 e. The summed E-state index contributed by atoms with van der Waals surface area (Å²) in [5.74, 6) is 0. The lowest BCUT2D eigenvalue weighted by Gasteiger charge is -2.37. The van der Waals surface area contributed by atoms with Crippen molar-refractivity contribution in [2.45, 2.75) is 31.9 Å². The molecule has 0 saturated carbocycles. The molecule has 4 N–H and O–H groups in total. The number of rotatable bonds is 7. The number of nitrogens with zero attached hydrogens (tertiary/aromatic N) is 2. The number of aliphatic imine (C=N–C) groups is 1. The molecule has 138 valence electrons. The van der Waals surface area contributed by atoms with E-state index in [4.69, 9.17) is 5.73 Å². The van der Waals surface area contributed by atoms with Gasteiger partial charge in [0.2, 0.25) is 0 Å². The first-order valence-corrected chi connectivity index (χ1v) is 8.64. The number of benzene rings is 1. The molecule has 1 aromatic rings. The fourth-order valence-electron chi connectivity index (χ4n) is 3.03. The molecule has 1 aliphatic rings. The lowest BCUT2D eigenvalue weighted by atomic mass is 9.97. The summed E-state index contributed by atoms with van der Waals surface area (Å²) >= 11 is 0. The molecule has 2 rings (SSSR count). The first-order valence-electron chi connectivity index (χ1n) is 8.64. The molecule has 1 heterocycles. The van der Waals surface area contributed by atoms with Crippen LogP contribution in [0.15, 0.2) is 67.1 Å². The second kappa shape index (κ2) is 8.65. The van der Waals surface area contributed by atoms with Crippen LogP contribution >= 0.6 is 0 Å². The first kappa shape index (κ1) is 19.7. The fourth-order valence-corrected chi connectivity index (χ4v) is 3.03. The van der Waals surface area contributed by atoms with Gasteiger partial charge in [0.05, 0.1) is 11.7 Å². The van der Waals surface area contributed by atoms with E-state index < -0.39 is 6.10 Å². The van der Waals surface area contributed by atoms with Crippen molar-refractivity contribution in [3.8, 4) is 0 Å². The number of nitrogens with one attached hydrogen (secondary N) is 1. The minimum absolute atomic E-state index is 0.0659. The van der Waals surface area contributed by atoms with Crippen LogP contribution in [0, 0.1) is 6.92 Å². The van der Waals surface area contributed by atoms with E-state index in [0.717, 1.165) is 46.7 Å². The van der Waals surface area contributed by atoms with Gasteiger partial charge in [0, 0.05) is 35.4 Å². The summed E-state index contributed by atoms with van der Waals surface area (Å²) in [6, 6.07) is 5.89. The molecule has 0 radical (unpaired) electrons. The van der Waals surface area contributed by atoms with E-state index in [1.54, 1.807) is 6.20 Å². The molecule has 5 heteroatoms. The van der Waals surface area contributed by atoms with Gasteiger partial charge >= 0.3 is 0 Å². The third-order valence-electron chi connectivity index (χ3n) is 4.55. The van der Waals surface area contributed by atoms with E-state index in [0.29, 0.717) is 0 Å². The quantitative estimate of drug-likeness (QED) is 0.659. The summed E-state index contributed by atoms with van der Waals surface area (Å²) in [5.41, 5.74) is 10.8. The Balaban J connectivity index is 2.30. The predicted octanol–water partition coefficient (Wildman–Crippen LogP) is 3.21. The van der Waals surface area contributed by atoms with Crippen molar-refractivity contribution in [2.75, 3.05) is 6.54 Å². The highest BCUT2D eigenvalue weighted by atomic mass is 16.3. The summed E-state index contributed by atoms with van der Waals surface area (Å²) < 4.78 is 0. The molecular weight excluding hydrogens is 324 g/mol. The van der Waals surface area contributed by atoms with Crippen molar-refractivity contribution >= 4 is 17.6 Å². The summed E-state index contributed by atoms with van der Waals surface area (Å²) in [6.07, 6.45) is 4.26. The van der Waals surface area contributed by atoms with E-state index in [1.807, 2.05) is 30.0 Å². The number of aliphatic hydroxyl groups excluding tert-OH is 1. The average Bonchev–Trinajstić information content (AvgIpc) is 2.62. The fraction of sp³-hybridized carbons (Fsp3) is 0.286. The Hall–Kier alpha value is -2.63. The zero-order valence-corrected chi connectivity index (χ0v) is 15.4. The molecule has 1 aromatic carbocycles. The molecule has 0 spiro atoms. The van der Waals surface area contributed by atoms with Gasteiger partial charge in [0.1, 0.15) is 6.10 Å². The van der Waals surface area contributed by atoms with Gasteiger partial charge in [-0.1, -0.05) is 38.4 Å². The van der Waals surface area contributed by atoms with Crippen molar-refractivity contribution in [2.24, 2.45) is 10.7 Å². The van der Waals surface area contributed by atoms with E-state index in [1.165, 1.54) is 6.21 Å². The third kappa shape index (κ3) is 4.31. The molecule has 26 heavy (non-hydrogen) atoms. The van der Waals surface area contributed by atoms with Crippen LogP contribution in [0.1, 0.15) is 24.0 Å². The number of hydrogen-bond acceptors (Lipinski definition) is 5. The number of aliphatic hydroxyl groups is 1. The highest BCUT2D eigenvalue weighted by molar-refractivity contribution is 5.74. The summed E-state index contributed by atoms with van der Waals surface area (Å²) in [4.78, 5) is 6.39. The van der Waals surface area contributed by atoms with Gasteiger partial charge in [-0.05, 0) is 37.6 Å². The predicted molar refractivity (Wildman–Crippen MR) is 110 cm³/mol. The highest BCUT2D eigenvalue weighted by Crippen LogP contribution is 2.32. The molecule has 5 nitrogen and oxygen atoms in total. The van der Waals surface area contributed by atoms with E-state index in [9.17, 15) is 5.11 Å². The molecule has 2 atom stereocenters. The molecule has 1 aliphatic heterocycles. The van der Waals surface area contributed by atoms with Crippen LogP contribution < -0.4 is 11.1 Å². The van der Waals surface area contributed by atoms with Crippen molar-refractivity contribution in [1.29, 1.82) is 0 Å². The Morgan fingerprint density at radius 1 is 1.50 bits per heavy atom. The Bertz CT molecular complexity index is 750. The minimum Gasteiger partial charge on any atom is -0.386 e. The molecule has 0 amide bonds. The number of nitrogens with two attached hydrogens (primary N) is 1. The standard InChI is InChI=1S/C21H28N4O/c1-6-25(21-11-10-14(2)24-16(21)4)17(5)19-8-7-9-20(15(19)3)23-13-18(26)12-22/h6-9,13,18,21,24,26H,1-2,4-5,10-12,22H2,3H3. The Morgan fingerprint density at radius 2 is 2.23 bits per heavy atom. The normalized spacial score (nSPS) is 18.5. The van der Waals surface area contributed by atoms with Crippen molar-refractivity contribution in [3.05, 3.63) is 73.2 Å². The topological polar surface area (TPSA) is 73.9 Å². The molecule has 1 fully saturated rings. The highest BCUT2D eigenvalue weighted by Gasteiger charge is 2.26. The van der Waals surface area contributed by atoms with Crippen LogP contribution in [0.3, 0.4) is 0 Å². The Morgan fingerprint density at radius 3 is 2.85 bits per heavy atom. The van der Waals surface area contributed by atoms with Crippen LogP contribution in [0.25, 0.3) is 5.70 Å². The van der Waals surface area contributed by atoms with Crippen LogP contribution in [0.4, 0.5) is 5.69 Å². The van der Waals surface area contributed by atoms with Gasteiger partial charge in [-0.15, -0.1) is 0 Å². The zero-order chi connectivity index (χ0) is 19.3. The molecule has 0 bridgehead atoms. The summed E-state index contributed by atoms with van der Waals surface area (Å²) in [6.45, 7) is 18.5. The lowest BCUT2D eigenvalue weighted by molar-refractivity contribution is 0.254. The van der Waals surface area contributed by atoms with Gasteiger partial charge in [0.25, 0.3) is 0 Å². The third-order valence-corrected chi connectivity index (χ3v) is 4.55. The second-order valence-corrected chi connectivity index (χ2v) is 6.38. The van der Waals surface area contributed by atoms with E-state index in [-0.39, 0.29) is 12.6 Å².